The van der Waals surface area contributed by atoms with Gasteiger partial charge in [0.05, 0.1) is 21.8 Å². The Balaban J connectivity index is 2.24. The molecule has 10 heteroatoms. The summed E-state index contributed by atoms with van der Waals surface area (Å²) in [5.74, 6) is -0.984. The maximum absolute atomic E-state index is 12.0. The van der Waals surface area contributed by atoms with Gasteiger partial charge in [0.1, 0.15) is 10.6 Å². The van der Waals surface area contributed by atoms with Gasteiger partial charge in [-0.3, -0.25) is 0 Å². The fourth-order valence-corrected chi connectivity index (χ4v) is 3.09. The third kappa shape index (κ3) is 4.45. The van der Waals surface area contributed by atoms with Crippen molar-refractivity contribution in [2.24, 2.45) is 10.3 Å². The predicted molar refractivity (Wildman–Crippen MR) is 89.0 cm³/mol. The first-order valence-corrected chi connectivity index (χ1v) is 8.54. The van der Waals surface area contributed by atoms with Gasteiger partial charge >= 0.3 is 5.97 Å². The monoisotopic (exact) mass is 388 g/mol. The molecule has 0 fully saturated rings. The summed E-state index contributed by atoms with van der Waals surface area (Å²) in [5, 5.41) is 17.4. The van der Waals surface area contributed by atoms with E-state index in [1.165, 1.54) is 18.3 Å². The average Bonchev–Trinajstić information content (AvgIpc) is 2.45. The zero-order chi connectivity index (χ0) is 17.9. The van der Waals surface area contributed by atoms with E-state index in [4.69, 9.17) is 28.3 Å². The van der Waals surface area contributed by atoms with Crippen molar-refractivity contribution in [2.75, 3.05) is 0 Å². The second-order valence-corrected chi connectivity index (χ2v) is 6.86. The number of primary sulfonamides is 1. The number of nitrogens with two attached hydrogens (primary N) is 1. The summed E-state index contributed by atoms with van der Waals surface area (Å²) >= 11 is 11.6. The largest absolute Gasteiger partial charge is 0.508 e. The Morgan fingerprint density at radius 1 is 1.21 bits per heavy atom. The van der Waals surface area contributed by atoms with E-state index in [1.807, 2.05) is 0 Å². The van der Waals surface area contributed by atoms with E-state index in [1.54, 1.807) is 12.1 Å². The lowest BCUT2D eigenvalue weighted by atomic mass is 10.2. The highest BCUT2D eigenvalue weighted by Gasteiger charge is 2.20. The van der Waals surface area contributed by atoms with Crippen molar-refractivity contribution < 1.29 is 23.2 Å². The zero-order valence-corrected chi connectivity index (χ0v) is 14.1. The standard InChI is InChI=1S/C14H10Cl2N2O5S/c15-11-6-12(16)13(24(17,21)22)5-10(11)14(20)23-18-7-8-2-1-3-9(19)4-8/h1-7,19H,(H2,17,21,22)/b18-7+. The van der Waals surface area contributed by atoms with Crippen LogP contribution in [0.4, 0.5) is 0 Å². The lowest BCUT2D eigenvalue weighted by Crippen LogP contribution is -2.14. The lowest BCUT2D eigenvalue weighted by molar-refractivity contribution is 0.0519. The molecule has 24 heavy (non-hydrogen) atoms. The first-order valence-electron chi connectivity index (χ1n) is 6.24. The van der Waals surface area contributed by atoms with Gasteiger partial charge in [-0.15, -0.1) is 0 Å². The molecule has 0 bridgehead atoms. The minimum atomic E-state index is -4.14. The molecule has 0 amide bonds. The van der Waals surface area contributed by atoms with Crippen LogP contribution in [0.25, 0.3) is 0 Å². The Bertz CT molecular complexity index is 929. The maximum Gasteiger partial charge on any atom is 0.367 e. The van der Waals surface area contributed by atoms with E-state index in [0.29, 0.717) is 5.56 Å². The van der Waals surface area contributed by atoms with Crippen molar-refractivity contribution in [1.82, 2.24) is 0 Å². The molecule has 0 aliphatic heterocycles. The van der Waals surface area contributed by atoms with Gasteiger partial charge in [-0.05, 0) is 29.8 Å². The van der Waals surface area contributed by atoms with Crippen molar-refractivity contribution in [3.8, 4) is 5.75 Å². The molecule has 3 N–H and O–H groups in total. The SMILES string of the molecule is NS(=O)(=O)c1cc(C(=O)O/N=C/c2cccc(O)c2)c(Cl)cc1Cl. The number of aromatic hydroxyl groups is 1. The first kappa shape index (κ1) is 18.2. The van der Waals surface area contributed by atoms with Gasteiger partial charge in [-0.1, -0.05) is 40.5 Å². The summed E-state index contributed by atoms with van der Waals surface area (Å²) in [4.78, 5) is 16.1. The van der Waals surface area contributed by atoms with Gasteiger partial charge in [0.2, 0.25) is 10.0 Å². The molecule has 2 rings (SSSR count). The number of carbonyl (C=O) groups excluding carboxylic acids is 1. The topological polar surface area (TPSA) is 119 Å². The fraction of sp³-hybridized carbons (Fsp3) is 0. The molecule has 0 aliphatic rings. The minimum Gasteiger partial charge on any atom is -0.508 e. The van der Waals surface area contributed by atoms with Crippen LogP contribution in [0.2, 0.25) is 10.0 Å². The first-order chi connectivity index (χ1) is 11.2. The normalized spacial score (nSPS) is 11.6. The Labute approximate surface area is 147 Å². The van der Waals surface area contributed by atoms with Crippen LogP contribution < -0.4 is 5.14 Å². The second-order valence-electron chi connectivity index (χ2n) is 4.52. The number of hydrogen-bond acceptors (Lipinski definition) is 6. The molecule has 0 saturated carbocycles. The molecule has 0 radical (unpaired) electrons. The Kier molecular flexibility index (Phi) is 5.45. The summed E-state index contributed by atoms with van der Waals surface area (Å²) in [6.45, 7) is 0. The highest BCUT2D eigenvalue weighted by molar-refractivity contribution is 7.89. The average molecular weight is 389 g/mol. The highest BCUT2D eigenvalue weighted by atomic mass is 35.5. The van der Waals surface area contributed by atoms with Crippen molar-refractivity contribution in [1.29, 1.82) is 0 Å². The van der Waals surface area contributed by atoms with E-state index < -0.39 is 20.9 Å². The zero-order valence-electron chi connectivity index (χ0n) is 11.8. The van der Waals surface area contributed by atoms with Crippen LogP contribution in [-0.4, -0.2) is 25.7 Å². The summed E-state index contributed by atoms with van der Waals surface area (Å²) in [7, 11) is -4.14. The molecule has 0 unspecified atom stereocenters. The lowest BCUT2D eigenvalue weighted by Gasteiger charge is -2.06. The van der Waals surface area contributed by atoms with E-state index in [-0.39, 0.29) is 21.4 Å². The van der Waals surface area contributed by atoms with Gasteiger partial charge in [-0.2, -0.15) is 0 Å². The molecule has 0 aromatic heterocycles. The van der Waals surface area contributed by atoms with Gasteiger partial charge in [0.25, 0.3) is 0 Å². The van der Waals surface area contributed by atoms with Crippen molar-refractivity contribution in [3.05, 3.63) is 57.6 Å². The van der Waals surface area contributed by atoms with Gasteiger partial charge < -0.3 is 9.94 Å². The second kappa shape index (κ2) is 7.18. The highest BCUT2D eigenvalue weighted by Crippen LogP contribution is 2.28. The summed E-state index contributed by atoms with van der Waals surface area (Å²) in [5.41, 5.74) is 0.216. The number of benzene rings is 2. The number of carbonyl (C=O) groups is 1. The van der Waals surface area contributed by atoms with E-state index >= 15 is 0 Å². The molecule has 0 atom stereocenters. The van der Waals surface area contributed by atoms with Crippen LogP contribution in [0.3, 0.4) is 0 Å². The van der Waals surface area contributed by atoms with Crippen LogP contribution in [-0.2, 0) is 14.9 Å². The molecule has 0 spiro atoms. The smallest absolute Gasteiger partial charge is 0.367 e. The Morgan fingerprint density at radius 3 is 2.54 bits per heavy atom. The molecule has 2 aromatic carbocycles. The number of phenols is 1. The van der Waals surface area contributed by atoms with Gasteiger partial charge in [0, 0.05) is 0 Å². The predicted octanol–water partition coefficient (Wildman–Crippen LogP) is 2.54. The number of rotatable bonds is 4. The van der Waals surface area contributed by atoms with Gasteiger partial charge in [0.15, 0.2) is 0 Å². The van der Waals surface area contributed by atoms with E-state index in [9.17, 15) is 18.3 Å². The number of nitrogens with zero attached hydrogens (tertiary/aromatic N) is 1. The molecular formula is C14H10Cl2N2O5S. The van der Waals surface area contributed by atoms with E-state index in [2.05, 4.69) is 9.99 Å². The quantitative estimate of drug-likeness (QED) is 0.473. The third-order valence-electron chi connectivity index (χ3n) is 2.76. The van der Waals surface area contributed by atoms with Crippen LogP contribution in [0.5, 0.6) is 5.75 Å². The maximum atomic E-state index is 12.0. The molecule has 126 valence electrons. The summed E-state index contributed by atoms with van der Waals surface area (Å²) < 4.78 is 22.8. The molecule has 0 saturated heterocycles. The van der Waals surface area contributed by atoms with Crippen molar-refractivity contribution in [2.45, 2.75) is 4.90 Å². The summed E-state index contributed by atoms with van der Waals surface area (Å²) in [6.07, 6.45) is 1.18. The van der Waals surface area contributed by atoms with Crippen LogP contribution in [0, 0.1) is 0 Å². The van der Waals surface area contributed by atoms with Gasteiger partial charge in [-0.25, -0.2) is 18.4 Å². The number of oxime groups is 1. The molecule has 7 nitrogen and oxygen atoms in total. The number of halogens is 2. The van der Waals surface area contributed by atoms with E-state index in [0.717, 1.165) is 12.1 Å². The van der Waals surface area contributed by atoms with Crippen molar-refractivity contribution in [3.63, 3.8) is 0 Å². The number of hydrogen-bond donors (Lipinski definition) is 2. The molecule has 2 aromatic rings. The third-order valence-corrected chi connectivity index (χ3v) is 4.44. The van der Waals surface area contributed by atoms with Crippen molar-refractivity contribution >= 4 is 45.4 Å². The summed E-state index contributed by atoms with van der Waals surface area (Å²) in [6, 6.07) is 8.03. The van der Waals surface area contributed by atoms with Crippen LogP contribution >= 0.6 is 23.2 Å². The number of phenolic OH excluding ortho intramolecular Hbond substituents is 1. The number of sulfonamides is 1. The van der Waals surface area contributed by atoms with Crippen LogP contribution in [0.15, 0.2) is 46.4 Å². The molecule has 0 heterocycles. The Morgan fingerprint density at radius 2 is 1.92 bits per heavy atom. The Hall–Kier alpha value is -2.13. The fourth-order valence-electron chi connectivity index (χ4n) is 1.69. The molecular weight excluding hydrogens is 379 g/mol. The van der Waals surface area contributed by atoms with Crippen LogP contribution in [0.1, 0.15) is 15.9 Å². The molecule has 0 aliphatic carbocycles. The minimum absolute atomic E-state index is 0.0174.